The van der Waals surface area contributed by atoms with Gasteiger partial charge in [-0.25, -0.2) is 0 Å². The number of carboxylic acid groups (broad SMARTS) is 1. The van der Waals surface area contributed by atoms with Gasteiger partial charge >= 0.3 is 5.97 Å². The molecule has 2 N–H and O–H groups in total. The van der Waals surface area contributed by atoms with Gasteiger partial charge < -0.3 is 10.2 Å². The van der Waals surface area contributed by atoms with E-state index in [1.807, 2.05) is 42.2 Å². The second-order valence-electron chi connectivity index (χ2n) is 5.53. The van der Waals surface area contributed by atoms with Crippen molar-refractivity contribution in [1.82, 2.24) is 9.80 Å². The minimum absolute atomic E-state index is 0.383. The summed E-state index contributed by atoms with van der Waals surface area (Å²) in [7, 11) is 0. The smallest absolute Gasteiger partial charge is 0.320 e. The minimum atomic E-state index is -0.740. The van der Waals surface area contributed by atoms with Crippen molar-refractivity contribution in [1.29, 1.82) is 0 Å². The van der Waals surface area contributed by atoms with Crippen LogP contribution in [0.2, 0.25) is 0 Å². The number of carbonyl (C=O) groups is 1. The molecule has 1 aliphatic rings. The Morgan fingerprint density at radius 1 is 1.19 bits per heavy atom. The van der Waals surface area contributed by atoms with Crippen molar-refractivity contribution in [2.24, 2.45) is 0 Å². The maximum absolute atomic E-state index is 11.2. The average molecular weight is 292 g/mol. The van der Waals surface area contributed by atoms with Crippen LogP contribution in [0.25, 0.3) is 0 Å². The molecule has 0 bridgehead atoms. The molecule has 21 heavy (non-hydrogen) atoms. The van der Waals surface area contributed by atoms with Crippen LogP contribution in [0.4, 0.5) is 0 Å². The number of aliphatic carboxylic acids is 1. The summed E-state index contributed by atoms with van der Waals surface area (Å²) in [5.74, 6) is -0.740. The standard InChI is InChI=1S/C16H24N2O3/c1-2-14(16(20)21)18-10-8-17(9-11-18)12-15(19)13-6-4-3-5-7-13/h3-7,14-15,19H,2,8-12H2,1H3,(H,20,21)/t14-,15-/m1/s1. The second-order valence-corrected chi connectivity index (χ2v) is 5.53. The second kappa shape index (κ2) is 7.54. The number of benzene rings is 1. The number of aliphatic hydroxyl groups excluding tert-OH is 1. The number of piperazine rings is 1. The molecule has 1 aromatic rings. The first-order chi connectivity index (χ1) is 10.1. The first-order valence-electron chi connectivity index (χ1n) is 7.54. The van der Waals surface area contributed by atoms with Crippen LogP contribution in [0.15, 0.2) is 30.3 Å². The summed E-state index contributed by atoms with van der Waals surface area (Å²) in [4.78, 5) is 15.4. The SMILES string of the molecule is CC[C@H](C(=O)O)N1CCN(C[C@@H](O)c2ccccc2)CC1. The molecular formula is C16H24N2O3. The summed E-state index contributed by atoms with van der Waals surface area (Å²) in [6.07, 6.45) is 0.140. The zero-order valence-corrected chi connectivity index (χ0v) is 12.5. The average Bonchev–Trinajstić information content (AvgIpc) is 2.50. The Morgan fingerprint density at radius 3 is 2.33 bits per heavy atom. The fourth-order valence-corrected chi connectivity index (χ4v) is 2.87. The maximum atomic E-state index is 11.2. The third kappa shape index (κ3) is 4.27. The number of hydrogen-bond donors (Lipinski definition) is 2. The Balaban J connectivity index is 1.83. The molecule has 1 aliphatic heterocycles. The molecule has 0 saturated carbocycles. The summed E-state index contributed by atoms with van der Waals surface area (Å²) in [5.41, 5.74) is 0.928. The zero-order chi connectivity index (χ0) is 15.2. The van der Waals surface area contributed by atoms with E-state index in [2.05, 4.69) is 4.90 Å². The van der Waals surface area contributed by atoms with E-state index in [0.717, 1.165) is 31.7 Å². The molecule has 0 aromatic heterocycles. The lowest BCUT2D eigenvalue weighted by molar-refractivity contribution is -0.144. The third-order valence-corrected chi connectivity index (χ3v) is 4.13. The Morgan fingerprint density at radius 2 is 1.81 bits per heavy atom. The molecule has 0 aliphatic carbocycles. The molecule has 116 valence electrons. The molecule has 2 atom stereocenters. The van der Waals surface area contributed by atoms with Gasteiger partial charge in [-0.3, -0.25) is 14.6 Å². The van der Waals surface area contributed by atoms with Gasteiger partial charge in [-0.2, -0.15) is 0 Å². The van der Waals surface area contributed by atoms with Crippen molar-refractivity contribution in [2.45, 2.75) is 25.5 Å². The fourth-order valence-electron chi connectivity index (χ4n) is 2.87. The molecule has 1 aromatic carbocycles. The third-order valence-electron chi connectivity index (χ3n) is 4.13. The molecule has 5 nitrogen and oxygen atoms in total. The van der Waals surface area contributed by atoms with Gasteiger partial charge in [0.25, 0.3) is 0 Å². The number of hydrogen-bond acceptors (Lipinski definition) is 4. The van der Waals surface area contributed by atoms with Gasteiger partial charge in [0, 0.05) is 32.7 Å². The summed E-state index contributed by atoms with van der Waals surface area (Å²) >= 11 is 0. The molecule has 0 unspecified atom stereocenters. The number of β-amino-alcohol motifs (C(OH)–C–C–N with tert-alkyl or cyclic N) is 1. The van der Waals surface area contributed by atoms with E-state index in [1.165, 1.54) is 0 Å². The predicted octanol–water partition coefficient (Wildman–Crippen LogP) is 1.20. The van der Waals surface area contributed by atoms with Crippen LogP contribution < -0.4 is 0 Å². The highest BCUT2D eigenvalue weighted by atomic mass is 16.4. The Kier molecular flexibility index (Phi) is 5.73. The van der Waals surface area contributed by atoms with E-state index in [0.29, 0.717) is 13.0 Å². The van der Waals surface area contributed by atoms with E-state index >= 15 is 0 Å². The Bertz CT molecular complexity index is 444. The van der Waals surface area contributed by atoms with Gasteiger partial charge in [0.05, 0.1) is 6.10 Å². The fraction of sp³-hybridized carbons (Fsp3) is 0.562. The molecule has 0 amide bonds. The molecule has 1 fully saturated rings. The predicted molar refractivity (Wildman–Crippen MR) is 81.1 cm³/mol. The van der Waals surface area contributed by atoms with E-state index in [1.54, 1.807) is 0 Å². The molecule has 0 radical (unpaired) electrons. The monoisotopic (exact) mass is 292 g/mol. The minimum Gasteiger partial charge on any atom is -0.480 e. The number of aliphatic hydroxyl groups is 1. The van der Waals surface area contributed by atoms with Crippen LogP contribution in [-0.4, -0.2) is 64.7 Å². The molecule has 1 saturated heterocycles. The lowest BCUT2D eigenvalue weighted by Crippen LogP contribution is -2.53. The maximum Gasteiger partial charge on any atom is 0.320 e. The highest BCUT2D eigenvalue weighted by Gasteiger charge is 2.27. The molecular weight excluding hydrogens is 268 g/mol. The summed E-state index contributed by atoms with van der Waals surface area (Å²) < 4.78 is 0. The Hall–Kier alpha value is -1.43. The topological polar surface area (TPSA) is 64.0 Å². The summed E-state index contributed by atoms with van der Waals surface area (Å²) in [6.45, 7) is 5.59. The molecule has 2 rings (SSSR count). The van der Waals surface area contributed by atoms with Crippen molar-refractivity contribution in [3.05, 3.63) is 35.9 Å². The highest BCUT2D eigenvalue weighted by Crippen LogP contribution is 2.16. The van der Waals surface area contributed by atoms with E-state index in [9.17, 15) is 15.0 Å². The largest absolute Gasteiger partial charge is 0.480 e. The number of rotatable bonds is 6. The van der Waals surface area contributed by atoms with Gasteiger partial charge in [0.15, 0.2) is 0 Å². The molecule has 5 heteroatoms. The molecule has 0 spiro atoms. The van der Waals surface area contributed by atoms with Gasteiger partial charge in [-0.15, -0.1) is 0 Å². The first kappa shape index (κ1) is 15.9. The number of nitrogens with zero attached hydrogens (tertiary/aromatic N) is 2. The summed E-state index contributed by atoms with van der Waals surface area (Å²) in [6, 6.07) is 9.26. The van der Waals surface area contributed by atoms with Crippen molar-refractivity contribution in [3.63, 3.8) is 0 Å². The van der Waals surface area contributed by atoms with E-state index in [4.69, 9.17) is 0 Å². The van der Waals surface area contributed by atoms with Crippen LogP contribution in [0.3, 0.4) is 0 Å². The number of carboxylic acids is 1. The lowest BCUT2D eigenvalue weighted by Gasteiger charge is -2.38. The van der Waals surface area contributed by atoms with Crippen molar-refractivity contribution >= 4 is 5.97 Å². The zero-order valence-electron chi connectivity index (χ0n) is 12.5. The highest BCUT2D eigenvalue weighted by molar-refractivity contribution is 5.73. The van der Waals surface area contributed by atoms with Crippen LogP contribution in [-0.2, 0) is 4.79 Å². The van der Waals surface area contributed by atoms with Crippen LogP contribution in [0.5, 0.6) is 0 Å². The Labute approximate surface area is 125 Å². The quantitative estimate of drug-likeness (QED) is 0.825. The van der Waals surface area contributed by atoms with Crippen LogP contribution >= 0.6 is 0 Å². The van der Waals surface area contributed by atoms with Crippen LogP contribution in [0, 0.1) is 0 Å². The van der Waals surface area contributed by atoms with Crippen molar-refractivity contribution < 1.29 is 15.0 Å². The lowest BCUT2D eigenvalue weighted by atomic mass is 10.1. The van der Waals surface area contributed by atoms with Gasteiger partial charge in [-0.1, -0.05) is 37.3 Å². The van der Waals surface area contributed by atoms with Gasteiger partial charge in [-0.05, 0) is 12.0 Å². The molecule has 1 heterocycles. The first-order valence-corrected chi connectivity index (χ1v) is 7.54. The van der Waals surface area contributed by atoms with Crippen molar-refractivity contribution in [2.75, 3.05) is 32.7 Å². The van der Waals surface area contributed by atoms with Gasteiger partial charge in [0.1, 0.15) is 6.04 Å². The summed E-state index contributed by atoms with van der Waals surface area (Å²) in [5, 5.41) is 19.4. The van der Waals surface area contributed by atoms with Crippen LogP contribution in [0.1, 0.15) is 25.0 Å². The normalized spacial score (nSPS) is 20.1. The van der Waals surface area contributed by atoms with Crippen molar-refractivity contribution in [3.8, 4) is 0 Å². The van der Waals surface area contributed by atoms with Gasteiger partial charge in [0.2, 0.25) is 0 Å². The van der Waals surface area contributed by atoms with E-state index in [-0.39, 0.29) is 6.04 Å². The van der Waals surface area contributed by atoms with E-state index < -0.39 is 12.1 Å².